The highest BCUT2D eigenvalue weighted by molar-refractivity contribution is 5.21. The van der Waals surface area contributed by atoms with Gasteiger partial charge in [0.05, 0.1) is 12.7 Å². The molecule has 1 aliphatic heterocycles. The zero-order valence-electron chi connectivity index (χ0n) is 13.2. The Morgan fingerprint density at radius 1 is 1.09 bits per heavy atom. The van der Waals surface area contributed by atoms with Gasteiger partial charge in [-0.25, -0.2) is 0 Å². The summed E-state index contributed by atoms with van der Waals surface area (Å²) in [6.45, 7) is 3.22. The highest BCUT2D eigenvalue weighted by Crippen LogP contribution is 2.22. The van der Waals surface area contributed by atoms with Crippen molar-refractivity contribution in [2.24, 2.45) is 0 Å². The minimum atomic E-state index is -0.510. The van der Waals surface area contributed by atoms with E-state index in [2.05, 4.69) is 17.0 Å². The first-order valence-electron chi connectivity index (χ1n) is 8.06. The van der Waals surface area contributed by atoms with E-state index in [1.165, 1.54) is 5.56 Å². The fourth-order valence-electron chi connectivity index (χ4n) is 2.80. The molecule has 0 aromatic heterocycles. The van der Waals surface area contributed by atoms with Gasteiger partial charge in [0.15, 0.2) is 0 Å². The smallest absolute Gasteiger partial charge is 0.119 e. The monoisotopic (exact) mass is 313 g/mol. The number of hydrogen-bond donors (Lipinski definition) is 1. The van der Waals surface area contributed by atoms with Gasteiger partial charge in [-0.15, -0.1) is 0 Å². The molecule has 2 unspecified atom stereocenters. The molecular weight excluding hydrogens is 290 g/mol. The van der Waals surface area contributed by atoms with Crippen LogP contribution >= 0.6 is 0 Å². The topological polar surface area (TPSA) is 41.9 Å². The molecule has 1 heterocycles. The summed E-state index contributed by atoms with van der Waals surface area (Å²) in [6, 6.07) is 19.8. The van der Waals surface area contributed by atoms with Crippen molar-refractivity contribution in [1.82, 2.24) is 4.90 Å². The number of para-hydroxylation sites is 1. The molecule has 0 aliphatic carbocycles. The van der Waals surface area contributed by atoms with Crippen LogP contribution in [-0.2, 0) is 4.74 Å². The molecular formula is C19H23NO3. The van der Waals surface area contributed by atoms with Crippen molar-refractivity contribution in [2.45, 2.75) is 12.2 Å². The first-order chi connectivity index (χ1) is 11.3. The molecule has 1 N–H and O–H groups in total. The van der Waals surface area contributed by atoms with Crippen molar-refractivity contribution in [3.63, 3.8) is 0 Å². The van der Waals surface area contributed by atoms with Gasteiger partial charge in [-0.3, -0.25) is 4.90 Å². The van der Waals surface area contributed by atoms with Crippen LogP contribution in [-0.4, -0.2) is 49.0 Å². The number of morpholine rings is 1. The summed E-state index contributed by atoms with van der Waals surface area (Å²) in [5, 5.41) is 10.2. The molecule has 2 atom stereocenters. The molecule has 3 rings (SSSR count). The number of β-amino-alcohol motifs (C(OH)–C–C–N with tert-alkyl or cyclic N) is 1. The van der Waals surface area contributed by atoms with Gasteiger partial charge in [0.25, 0.3) is 0 Å². The number of rotatable bonds is 6. The Labute approximate surface area is 137 Å². The molecule has 0 bridgehead atoms. The summed E-state index contributed by atoms with van der Waals surface area (Å²) in [5.41, 5.74) is 1.19. The summed E-state index contributed by atoms with van der Waals surface area (Å²) < 4.78 is 11.5. The van der Waals surface area contributed by atoms with E-state index in [4.69, 9.17) is 9.47 Å². The highest BCUT2D eigenvalue weighted by Gasteiger charge is 2.23. The summed E-state index contributed by atoms with van der Waals surface area (Å²) in [5.74, 6) is 0.788. The molecule has 1 fully saturated rings. The van der Waals surface area contributed by atoms with Crippen molar-refractivity contribution < 1.29 is 14.6 Å². The average Bonchev–Trinajstić information content (AvgIpc) is 2.62. The van der Waals surface area contributed by atoms with Crippen LogP contribution in [0.15, 0.2) is 60.7 Å². The third-order valence-electron chi connectivity index (χ3n) is 3.98. The zero-order valence-corrected chi connectivity index (χ0v) is 13.2. The Balaban J connectivity index is 1.47. The lowest BCUT2D eigenvalue weighted by molar-refractivity contribution is -0.0459. The molecule has 23 heavy (non-hydrogen) atoms. The van der Waals surface area contributed by atoms with Crippen LogP contribution in [0.5, 0.6) is 5.75 Å². The van der Waals surface area contributed by atoms with Gasteiger partial charge in [0.1, 0.15) is 18.5 Å². The number of nitrogens with zero attached hydrogens (tertiary/aromatic N) is 1. The van der Waals surface area contributed by atoms with Crippen LogP contribution in [0.3, 0.4) is 0 Å². The summed E-state index contributed by atoms with van der Waals surface area (Å²) in [7, 11) is 0. The summed E-state index contributed by atoms with van der Waals surface area (Å²) in [4.78, 5) is 2.24. The van der Waals surface area contributed by atoms with Crippen LogP contribution in [0, 0.1) is 0 Å². The molecule has 4 nitrogen and oxygen atoms in total. The predicted octanol–water partition coefficient (Wildman–Crippen LogP) is 2.50. The van der Waals surface area contributed by atoms with Crippen molar-refractivity contribution in [1.29, 1.82) is 0 Å². The van der Waals surface area contributed by atoms with E-state index in [1.54, 1.807) is 0 Å². The van der Waals surface area contributed by atoms with E-state index >= 15 is 0 Å². The van der Waals surface area contributed by atoms with Crippen molar-refractivity contribution in [3.05, 3.63) is 66.2 Å². The number of aliphatic hydroxyl groups is 1. The second-order valence-electron chi connectivity index (χ2n) is 5.81. The van der Waals surface area contributed by atoms with Crippen molar-refractivity contribution in [2.75, 3.05) is 32.8 Å². The van der Waals surface area contributed by atoms with E-state index < -0.39 is 6.10 Å². The molecule has 0 radical (unpaired) electrons. The number of benzene rings is 2. The highest BCUT2D eigenvalue weighted by atomic mass is 16.5. The minimum absolute atomic E-state index is 0.0761. The van der Waals surface area contributed by atoms with Gasteiger partial charge < -0.3 is 14.6 Å². The normalized spacial score (nSPS) is 20.1. The molecule has 4 heteroatoms. The fraction of sp³-hybridized carbons (Fsp3) is 0.368. The Kier molecular flexibility index (Phi) is 5.64. The van der Waals surface area contributed by atoms with Gasteiger partial charge in [-0.2, -0.15) is 0 Å². The molecule has 0 spiro atoms. The maximum atomic E-state index is 10.2. The van der Waals surface area contributed by atoms with Gasteiger partial charge in [0.2, 0.25) is 0 Å². The fourth-order valence-corrected chi connectivity index (χ4v) is 2.80. The van der Waals surface area contributed by atoms with Crippen LogP contribution in [0.25, 0.3) is 0 Å². The number of hydrogen-bond acceptors (Lipinski definition) is 4. The molecule has 0 saturated carbocycles. The Hall–Kier alpha value is -1.88. The molecule has 122 valence electrons. The van der Waals surface area contributed by atoms with Crippen molar-refractivity contribution in [3.8, 4) is 5.75 Å². The minimum Gasteiger partial charge on any atom is -0.491 e. The Morgan fingerprint density at radius 3 is 2.52 bits per heavy atom. The van der Waals surface area contributed by atoms with Gasteiger partial charge >= 0.3 is 0 Å². The van der Waals surface area contributed by atoms with E-state index in [1.807, 2.05) is 48.5 Å². The van der Waals surface area contributed by atoms with E-state index in [9.17, 15) is 5.11 Å². The van der Waals surface area contributed by atoms with Crippen molar-refractivity contribution >= 4 is 0 Å². The molecule has 0 amide bonds. The van der Waals surface area contributed by atoms with E-state index in [0.29, 0.717) is 19.8 Å². The number of aliphatic hydroxyl groups excluding tert-OH is 1. The lowest BCUT2D eigenvalue weighted by atomic mass is 10.1. The third-order valence-corrected chi connectivity index (χ3v) is 3.98. The number of ether oxygens (including phenoxy) is 2. The first kappa shape index (κ1) is 16.0. The van der Waals surface area contributed by atoms with Gasteiger partial charge in [-0.1, -0.05) is 48.5 Å². The van der Waals surface area contributed by atoms with Crippen LogP contribution < -0.4 is 4.74 Å². The Morgan fingerprint density at radius 2 is 1.78 bits per heavy atom. The zero-order chi connectivity index (χ0) is 15.9. The Bertz CT molecular complexity index is 576. The van der Waals surface area contributed by atoms with Gasteiger partial charge in [-0.05, 0) is 17.7 Å². The third kappa shape index (κ3) is 4.79. The molecule has 2 aromatic carbocycles. The average molecular weight is 313 g/mol. The largest absolute Gasteiger partial charge is 0.491 e. The predicted molar refractivity (Wildman–Crippen MR) is 89.5 cm³/mol. The molecule has 1 aliphatic rings. The second-order valence-corrected chi connectivity index (χ2v) is 5.81. The lowest BCUT2D eigenvalue weighted by Gasteiger charge is -2.34. The van der Waals surface area contributed by atoms with Gasteiger partial charge in [0, 0.05) is 19.6 Å². The first-order valence-corrected chi connectivity index (χ1v) is 8.06. The standard InChI is InChI=1S/C19H23NO3/c21-17(15-23-18-9-5-2-6-10-18)13-20-11-12-22-19(14-20)16-7-3-1-4-8-16/h1-10,17,19,21H,11-15H2. The molecule has 1 saturated heterocycles. The second kappa shape index (κ2) is 8.11. The SMILES string of the molecule is OC(COc1ccccc1)CN1CCOC(c2ccccc2)C1. The maximum absolute atomic E-state index is 10.2. The summed E-state index contributed by atoms with van der Waals surface area (Å²) >= 11 is 0. The van der Waals surface area contributed by atoms with Crippen LogP contribution in [0.1, 0.15) is 11.7 Å². The summed E-state index contributed by atoms with van der Waals surface area (Å²) in [6.07, 6.45) is -0.433. The van der Waals surface area contributed by atoms with E-state index in [-0.39, 0.29) is 6.10 Å². The van der Waals surface area contributed by atoms with Crippen LogP contribution in [0.4, 0.5) is 0 Å². The lowest BCUT2D eigenvalue weighted by Crippen LogP contribution is -2.43. The quantitative estimate of drug-likeness (QED) is 0.890. The van der Waals surface area contributed by atoms with Crippen LogP contribution in [0.2, 0.25) is 0 Å². The molecule has 2 aromatic rings. The maximum Gasteiger partial charge on any atom is 0.119 e. The van der Waals surface area contributed by atoms with E-state index in [0.717, 1.165) is 18.8 Å².